The number of hydrogen-bond donors (Lipinski definition) is 4. The highest BCUT2D eigenvalue weighted by Crippen LogP contribution is 2.46. The van der Waals surface area contributed by atoms with Gasteiger partial charge in [-0.15, -0.1) is 0 Å². The zero-order valence-corrected chi connectivity index (χ0v) is 19.2. The van der Waals surface area contributed by atoms with E-state index in [9.17, 15) is 19.8 Å². The lowest BCUT2D eigenvalue weighted by Gasteiger charge is -2.38. The monoisotopic (exact) mass is 443 g/mol. The summed E-state index contributed by atoms with van der Waals surface area (Å²) in [5.41, 5.74) is -1.07. The summed E-state index contributed by atoms with van der Waals surface area (Å²) in [5, 5.41) is 37.9. The summed E-state index contributed by atoms with van der Waals surface area (Å²) in [4.78, 5) is 23.8. The summed E-state index contributed by atoms with van der Waals surface area (Å²) in [6, 6.07) is 0. The summed E-state index contributed by atoms with van der Waals surface area (Å²) in [6.07, 6.45) is 14.3. The van der Waals surface area contributed by atoms with Crippen LogP contribution in [0.25, 0.3) is 0 Å². The van der Waals surface area contributed by atoms with E-state index in [-0.39, 0.29) is 23.3 Å². The Morgan fingerprint density at radius 3 is 2.44 bits per heavy atom. The fourth-order valence-electron chi connectivity index (χ4n) is 5.85. The standard InChI is InChI=1S/C26H37NO5/c1-26(2)15-22(29)24(25(32)20(27)14-23(30)31)21(28)13-19(26)12-16-8-10-18(11-9-16)17-6-4-3-5-7-17/h3-6,16-19,21,27-28,32H,7-15H2,1-2H3,(H,30,31)/t16?,17?,18?,19-,21+/m1/s1. The van der Waals surface area contributed by atoms with Crippen LogP contribution in [0.1, 0.15) is 71.6 Å². The molecule has 3 aliphatic rings. The number of carboxylic acid groups (broad SMARTS) is 1. The van der Waals surface area contributed by atoms with Crippen molar-refractivity contribution in [3.8, 4) is 0 Å². The SMILES string of the molecule is CC1(C)CC(=O)C(=C(O)C(=N)CC(=O)O)[C@@H](O)C[C@H]1CC1CCC(C2C=CC=CC2)CC1. The third-order valence-electron chi connectivity index (χ3n) is 7.86. The van der Waals surface area contributed by atoms with E-state index in [1.54, 1.807) is 0 Å². The van der Waals surface area contributed by atoms with Gasteiger partial charge in [0.1, 0.15) is 5.76 Å². The maximum atomic E-state index is 12.9. The van der Waals surface area contributed by atoms with Crippen LogP contribution in [0, 0.1) is 34.5 Å². The molecule has 0 bridgehead atoms. The molecule has 0 aromatic heterocycles. The molecule has 3 rings (SSSR count). The van der Waals surface area contributed by atoms with E-state index in [2.05, 4.69) is 24.3 Å². The number of nitrogens with one attached hydrogen (secondary N) is 1. The van der Waals surface area contributed by atoms with Crippen molar-refractivity contribution in [3.63, 3.8) is 0 Å². The Bertz CT molecular complexity index is 829. The van der Waals surface area contributed by atoms with Gasteiger partial charge in [-0.1, -0.05) is 51.0 Å². The van der Waals surface area contributed by atoms with Crippen molar-refractivity contribution in [3.05, 3.63) is 35.6 Å². The van der Waals surface area contributed by atoms with Gasteiger partial charge in [0.05, 0.1) is 23.8 Å². The maximum Gasteiger partial charge on any atom is 0.309 e. The molecular formula is C26H37NO5. The van der Waals surface area contributed by atoms with E-state index in [0.29, 0.717) is 18.3 Å². The Balaban J connectivity index is 1.67. The van der Waals surface area contributed by atoms with Crippen LogP contribution in [0.3, 0.4) is 0 Å². The quantitative estimate of drug-likeness (QED) is 0.200. The van der Waals surface area contributed by atoms with Crippen molar-refractivity contribution < 1.29 is 24.9 Å². The fourth-order valence-corrected chi connectivity index (χ4v) is 5.85. The first-order valence-corrected chi connectivity index (χ1v) is 11.9. The molecule has 3 atom stereocenters. The Morgan fingerprint density at radius 2 is 1.84 bits per heavy atom. The molecule has 32 heavy (non-hydrogen) atoms. The first-order chi connectivity index (χ1) is 15.1. The number of hydrogen-bond acceptors (Lipinski definition) is 5. The number of ketones is 1. The summed E-state index contributed by atoms with van der Waals surface area (Å²) in [6.45, 7) is 4.07. The average molecular weight is 444 g/mol. The molecule has 0 amide bonds. The van der Waals surface area contributed by atoms with E-state index in [1.165, 1.54) is 12.8 Å². The van der Waals surface area contributed by atoms with Crippen LogP contribution in [0.4, 0.5) is 0 Å². The van der Waals surface area contributed by atoms with E-state index in [4.69, 9.17) is 10.5 Å². The number of carboxylic acids is 1. The van der Waals surface area contributed by atoms with E-state index >= 15 is 0 Å². The molecule has 0 saturated heterocycles. The molecule has 0 aromatic rings. The molecule has 0 radical (unpaired) electrons. The van der Waals surface area contributed by atoms with Crippen LogP contribution in [-0.4, -0.2) is 38.9 Å². The minimum absolute atomic E-state index is 0.111. The van der Waals surface area contributed by atoms with E-state index < -0.39 is 35.7 Å². The number of allylic oxidation sites excluding steroid dienone is 5. The number of carbonyl (C=O) groups excluding carboxylic acids is 1. The fraction of sp³-hybridized carbons (Fsp3) is 0.654. The number of rotatable bonds is 6. The first-order valence-electron chi connectivity index (χ1n) is 11.9. The maximum absolute atomic E-state index is 12.9. The summed E-state index contributed by atoms with van der Waals surface area (Å²) in [7, 11) is 0. The smallest absolute Gasteiger partial charge is 0.309 e. The second kappa shape index (κ2) is 10.2. The molecule has 0 aromatic carbocycles. The third-order valence-corrected chi connectivity index (χ3v) is 7.86. The number of aliphatic carboxylic acids is 1. The summed E-state index contributed by atoms with van der Waals surface area (Å²) in [5.74, 6) is -0.272. The van der Waals surface area contributed by atoms with Gasteiger partial charge in [0.15, 0.2) is 5.78 Å². The number of Topliss-reactive ketones (excluding diaryl/α,β-unsaturated/α-hetero) is 1. The van der Waals surface area contributed by atoms with E-state index in [0.717, 1.165) is 31.6 Å². The van der Waals surface area contributed by atoms with Crippen LogP contribution < -0.4 is 0 Å². The predicted octanol–water partition coefficient (Wildman–Crippen LogP) is 4.99. The second-order valence-electron chi connectivity index (χ2n) is 10.6. The van der Waals surface area contributed by atoms with Crippen LogP contribution in [0.2, 0.25) is 0 Å². The lowest BCUT2D eigenvalue weighted by molar-refractivity contribution is -0.135. The van der Waals surface area contributed by atoms with Gasteiger partial charge in [-0.3, -0.25) is 9.59 Å². The van der Waals surface area contributed by atoms with Gasteiger partial charge < -0.3 is 20.7 Å². The molecule has 6 nitrogen and oxygen atoms in total. The third kappa shape index (κ3) is 5.77. The number of aliphatic hydroxyl groups excluding tert-OH is 2. The van der Waals surface area contributed by atoms with Crippen molar-refractivity contribution >= 4 is 17.5 Å². The van der Waals surface area contributed by atoms with Crippen molar-refractivity contribution in [2.75, 3.05) is 0 Å². The molecule has 4 N–H and O–H groups in total. The largest absolute Gasteiger partial charge is 0.506 e. The van der Waals surface area contributed by atoms with E-state index in [1.807, 2.05) is 13.8 Å². The zero-order valence-electron chi connectivity index (χ0n) is 19.2. The Morgan fingerprint density at radius 1 is 1.16 bits per heavy atom. The van der Waals surface area contributed by atoms with Gasteiger partial charge in [-0.25, -0.2) is 0 Å². The van der Waals surface area contributed by atoms with Crippen LogP contribution >= 0.6 is 0 Å². The molecule has 2 fully saturated rings. The normalized spacial score (nSPS) is 34.1. The highest BCUT2D eigenvalue weighted by atomic mass is 16.4. The van der Waals surface area contributed by atoms with Gasteiger partial charge in [-0.2, -0.15) is 0 Å². The van der Waals surface area contributed by atoms with Gasteiger partial charge in [0, 0.05) is 6.42 Å². The van der Waals surface area contributed by atoms with Crippen LogP contribution in [0.5, 0.6) is 0 Å². The Labute approximate surface area is 190 Å². The topological polar surface area (TPSA) is 119 Å². The van der Waals surface area contributed by atoms with Gasteiger partial charge in [0.25, 0.3) is 0 Å². The molecular weight excluding hydrogens is 406 g/mol. The lowest BCUT2D eigenvalue weighted by Crippen LogP contribution is -2.30. The van der Waals surface area contributed by atoms with Crippen LogP contribution in [0.15, 0.2) is 35.6 Å². The average Bonchev–Trinajstić information content (AvgIpc) is 2.81. The van der Waals surface area contributed by atoms with Crippen molar-refractivity contribution in [2.45, 2.75) is 77.7 Å². The van der Waals surface area contributed by atoms with Crippen LogP contribution in [-0.2, 0) is 9.59 Å². The van der Waals surface area contributed by atoms with Gasteiger partial charge in [-0.05, 0) is 61.2 Å². The molecule has 1 unspecified atom stereocenters. The summed E-state index contributed by atoms with van der Waals surface area (Å²) < 4.78 is 0. The molecule has 0 heterocycles. The molecule has 176 valence electrons. The number of carbonyl (C=O) groups is 2. The van der Waals surface area contributed by atoms with Crippen molar-refractivity contribution in [1.29, 1.82) is 5.41 Å². The zero-order chi connectivity index (χ0) is 23.5. The molecule has 6 heteroatoms. The highest BCUT2D eigenvalue weighted by molar-refractivity contribution is 6.11. The first kappa shape index (κ1) is 24.4. The Kier molecular flexibility index (Phi) is 7.75. The predicted molar refractivity (Wildman–Crippen MR) is 124 cm³/mol. The van der Waals surface area contributed by atoms with Crippen molar-refractivity contribution in [2.24, 2.45) is 29.1 Å². The molecule has 0 aliphatic heterocycles. The minimum Gasteiger partial charge on any atom is -0.506 e. The number of aliphatic hydroxyl groups is 2. The highest BCUT2D eigenvalue weighted by Gasteiger charge is 2.42. The van der Waals surface area contributed by atoms with Gasteiger partial charge >= 0.3 is 5.97 Å². The second-order valence-corrected chi connectivity index (χ2v) is 10.6. The minimum atomic E-state index is -1.26. The molecule has 3 aliphatic carbocycles. The molecule has 0 spiro atoms. The Hall–Kier alpha value is -2.21. The molecule has 2 saturated carbocycles. The van der Waals surface area contributed by atoms with Gasteiger partial charge in [0.2, 0.25) is 0 Å². The lowest BCUT2D eigenvalue weighted by atomic mass is 9.67. The summed E-state index contributed by atoms with van der Waals surface area (Å²) >= 11 is 0. The van der Waals surface area contributed by atoms with Crippen molar-refractivity contribution in [1.82, 2.24) is 0 Å².